The summed E-state index contributed by atoms with van der Waals surface area (Å²) in [6, 6.07) is 10.4. The van der Waals surface area contributed by atoms with Crippen molar-refractivity contribution in [1.82, 2.24) is 15.0 Å². The fourth-order valence-corrected chi connectivity index (χ4v) is 4.18. The predicted octanol–water partition coefficient (Wildman–Crippen LogP) is 1.87. The third kappa shape index (κ3) is 4.14. The van der Waals surface area contributed by atoms with E-state index in [0.29, 0.717) is 0 Å². The zero-order valence-corrected chi connectivity index (χ0v) is 12.4. The van der Waals surface area contributed by atoms with Crippen molar-refractivity contribution in [2.75, 3.05) is 0 Å². The van der Waals surface area contributed by atoms with Gasteiger partial charge in [-0.15, -0.1) is 0 Å². The van der Waals surface area contributed by atoms with E-state index in [-0.39, 0.29) is 20.9 Å². The molecule has 90 valence electrons. The van der Waals surface area contributed by atoms with Crippen LogP contribution in [0.15, 0.2) is 36.5 Å². The minimum atomic E-state index is -0.106. The van der Waals surface area contributed by atoms with Crippen LogP contribution >= 0.6 is 0 Å². The van der Waals surface area contributed by atoms with E-state index in [4.69, 9.17) is 0 Å². The van der Waals surface area contributed by atoms with Crippen LogP contribution in [-0.2, 0) is 6.54 Å². The molecule has 2 rings (SSSR count). The number of rotatable bonds is 6. The van der Waals surface area contributed by atoms with Gasteiger partial charge >= 0.3 is 113 Å². The minimum absolute atomic E-state index is 0.106. The Kier molecular flexibility index (Phi) is 5.03. The van der Waals surface area contributed by atoms with Gasteiger partial charge in [-0.3, -0.25) is 0 Å². The van der Waals surface area contributed by atoms with Crippen molar-refractivity contribution in [3.8, 4) is 0 Å². The molecule has 0 radical (unpaired) electrons. The van der Waals surface area contributed by atoms with E-state index >= 15 is 0 Å². The van der Waals surface area contributed by atoms with Gasteiger partial charge in [-0.2, -0.15) is 0 Å². The third-order valence-electron chi connectivity index (χ3n) is 2.45. The molecule has 0 aliphatic carbocycles. The number of unbranched alkanes of at least 4 members (excludes halogenated alkanes) is 1. The standard InChI is InChI=1S/C13H17N3Te/c1-2-3-9-17-13-11-16(15-14-13)10-12-7-5-4-6-8-12/h4-8,11H,2-3,9-10H2,1H3. The predicted molar refractivity (Wildman–Crippen MR) is 70.7 cm³/mol. The van der Waals surface area contributed by atoms with Crippen LogP contribution in [0, 0.1) is 0 Å². The van der Waals surface area contributed by atoms with Crippen molar-refractivity contribution in [2.45, 2.75) is 30.8 Å². The number of benzene rings is 1. The Morgan fingerprint density at radius 1 is 1.24 bits per heavy atom. The Morgan fingerprint density at radius 3 is 2.82 bits per heavy atom. The summed E-state index contributed by atoms with van der Waals surface area (Å²) in [7, 11) is 0. The van der Waals surface area contributed by atoms with Crippen molar-refractivity contribution in [1.29, 1.82) is 0 Å². The van der Waals surface area contributed by atoms with Crippen molar-refractivity contribution < 1.29 is 0 Å². The van der Waals surface area contributed by atoms with Crippen molar-refractivity contribution in [3.05, 3.63) is 42.1 Å². The Bertz CT molecular complexity index is 439. The van der Waals surface area contributed by atoms with Gasteiger partial charge < -0.3 is 0 Å². The van der Waals surface area contributed by atoms with Gasteiger partial charge in [0, 0.05) is 0 Å². The molecule has 0 aliphatic heterocycles. The molecule has 4 heteroatoms. The average molecular weight is 343 g/mol. The molecular formula is C13H17N3Te. The average Bonchev–Trinajstić information content (AvgIpc) is 2.79. The topological polar surface area (TPSA) is 30.7 Å². The number of nitrogens with zero attached hydrogens (tertiary/aromatic N) is 3. The van der Waals surface area contributed by atoms with E-state index in [2.05, 4.69) is 47.7 Å². The SMILES string of the molecule is CCCC[Te]c1cn(Cc2ccccc2)nn1. The second-order valence-electron chi connectivity index (χ2n) is 3.94. The molecule has 0 N–H and O–H groups in total. The third-order valence-corrected chi connectivity index (χ3v) is 5.24. The molecule has 1 aromatic carbocycles. The Balaban J connectivity index is 1.90. The molecule has 0 bridgehead atoms. The molecule has 2 aromatic rings. The quantitative estimate of drug-likeness (QED) is 0.593. The first-order chi connectivity index (χ1) is 8.38. The van der Waals surface area contributed by atoms with Gasteiger partial charge in [0.1, 0.15) is 0 Å². The van der Waals surface area contributed by atoms with E-state index in [0.717, 1.165) is 6.54 Å². The van der Waals surface area contributed by atoms with Gasteiger partial charge in [-0.05, 0) is 0 Å². The summed E-state index contributed by atoms with van der Waals surface area (Å²) in [6.45, 7) is 3.06. The fraction of sp³-hybridized carbons (Fsp3) is 0.385. The summed E-state index contributed by atoms with van der Waals surface area (Å²) in [5.74, 6) is 0. The molecular weight excluding hydrogens is 326 g/mol. The van der Waals surface area contributed by atoms with Gasteiger partial charge in [0.15, 0.2) is 0 Å². The summed E-state index contributed by atoms with van der Waals surface area (Å²) in [5.41, 5.74) is 1.28. The molecule has 0 saturated heterocycles. The Labute approximate surface area is 112 Å². The monoisotopic (exact) mass is 345 g/mol. The summed E-state index contributed by atoms with van der Waals surface area (Å²) in [5, 5.41) is 8.44. The van der Waals surface area contributed by atoms with Gasteiger partial charge in [-0.1, -0.05) is 0 Å². The van der Waals surface area contributed by atoms with Gasteiger partial charge in [0.25, 0.3) is 0 Å². The first-order valence-corrected chi connectivity index (χ1v) is 8.76. The molecule has 17 heavy (non-hydrogen) atoms. The fourth-order valence-electron chi connectivity index (χ4n) is 1.52. The van der Waals surface area contributed by atoms with Gasteiger partial charge in [-0.25, -0.2) is 0 Å². The molecule has 0 fully saturated rings. The van der Waals surface area contributed by atoms with Crippen LogP contribution in [0.2, 0.25) is 4.47 Å². The van der Waals surface area contributed by atoms with Crippen molar-refractivity contribution >= 4 is 24.7 Å². The number of hydrogen-bond acceptors (Lipinski definition) is 2. The van der Waals surface area contributed by atoms with E-state index in [1.54, 1.807) is 0 Å². The summed E-state index contributed by atoms with van der Waals surface area (Å²) >= 11 is -0.106. The molecule has 0 aliphatic rings. The summed E-state index contributed by atoms with van der Waals surface area (Å²) in [6.07, 6.45) is 4.72. The summed E-state index contributed by atoms with van der Waals surface area (Å²) in [4.78, 5) is 0. The van der Waals surface area contributed by atoms with Crippen LogP contribution in [0.25, 0.3) is 0 Å². The Hall–Kier alpha value is -0.850. The maximum absolute atomic E-state index is 4.25. The van der Waals surface area contributed by atoms with Crippen LogP contribution in [-0.4, -0.2) is 35.9 Å². The zero-order valence-electron chi connectivity index (χ0n) is 10.0. The summed E-state index contributed by atoms with van der Waals surface area (Å²) < 4.78 is 4.52. The van der Waals surface area contributed by atoms with Crippen molar-refractivity contribution in [3.63, 3.8) is 0 Å². The van der Waals surface area contributed by atoms with Crippen LogP contribution in [0.5, 0.6) is 0 Å². The molecule has 1 aromatic heterocycles. The molecule has 0 atom stereocenters. The van der Waals surface area contributed by atoms with Crippen LogP contribution in [0.3, 0.4) is 0 Å². The first-order valence-electron chi connectivity index (χ1n) is 5.95. The van der Waals surface area contributed by atoms with Crippen molar-refractivity contribution in [2.24, 2.45) is 0 Å². The second kappa shape index (κ2) is 6.78. The van der Waals surface area contributed by atoms with Crippen LogP contribution in [0.4, 0.5) is 0 Å². The van der Waals surface area contributed by atoms with Gasteiger partial charge in [0.2, 0.25) is 0 Å². The second-order valence-corrected chi connectivity index (χ2v) is 7.12. The maximum atomic E-state index is 4.25. The molecule has 0 unspecified atom stereocenters. The molecule has 0 saturated carbocycles. The normalized spacial score (nSPS) is 10.6. The number of hydrogen-bond donors (Lipinski definition) is 0. The van der Waals surface area contributed by atoms with E-state index in [9.17, 15) is 0 Å². The van der Waals surface area contributed by atoms with Gasteiger partial charge in [0.05, 0.1) is 0 Å². The molecule has 3 nitrogen and oxygen atoms in total. The van der Waals surface area contributed by atoms with E-state index < -0.39 is 0 Å². The van der Waals surface area contributed by atoms with Crippen LogP contribution in [0.1, 0.15) is 25.3 Å². The number of aromatic nitrogens is 3. The molecule has 1 heterocycles. The van der Waals surface area contributed by atoms with E-state index in [1.807, 2.05) is 10.7 Å². The van der Waals surface area contributed by atoms with Crippen LogP contribution < -0.4 is 3.74 Å². The molecule has 0 amide bonds. The first kappa shape index (κ1) is 12.6. The van der Waals surface area contributed by atoms with E-state index in [1.165, 1.54) is 26.6 Å². The zero-order chi connectivity index (χ0) is 11.9. The molecule has 0 spiro atoms. The Morgan fingerprint density at radius 2 is 2.06 bits per heavy atom.